The largest absolute Gasteiger partial charge is 0.478 e. The van der Waals surface area contributed by atoms with E-state index in [9.17, 15) is 19.5 Å². The number of hydrogen-bond donors (Lipinski definition) is 3. The molecule has 0 aliphatic heterocycles. The number of rotatable bonds is 6. The second-order valence-electron chi connectivity index (χ2n) is 9.48. The number of nitrogens with one attached hydrogen (secondary N) is 2. The number of anilines is 1. The Kier molecular flexibility index (Phi) is 6.96. The number of fused-ring (bicyclic) bond motifs is 3. The highest BCUT2D eigenvalue weighted by atomic mass is 16.6. The van der Waals surface area contributed by atoms with Crippen molar-refractivity contribution < 1.29 is 29.0 Å². The van der Waals surface area contributed by atoms with Gasteiger partial charge in [0.25, 0.3) is 0 Å². The van der Waals surface area contributed by atoms with E-state index in [-0.39, 0.29) is 24.6 Å². The molecule has 0 bridgehead atoms. The molecule has 0 radical (unpaired) electrons. The standard InChI is InChI=1S/C28H28N2O6/c1-28(2,3)36-26(33)29-15-18-14-17(25(31)32)12-13-24(18)30-27(34)35-16-23-21-10-6-4-8-19(21)20-9-5-7-11-22(20)23/h4-14,23H,15-16H2,1-3H3,(H,29,33)(H,30,34)(H,31,32). The minimum absolute atomic E-state index is 0.0223. The van der Waals surface area contributed by atoms with E-state index in [0.29, 0.717) is 11.3 Å². The minimum Gasteiger partial charge on any atom is -0.478 e. The van der Waals surface area contributed by atoms with E-state index in [4.69, 9.17) is 9.47 Å². The van der Waals surface area contributed by atoms with Crippen LogP contribution < -0.4 is 10.6 Å². The summed E-state index contributed by atoms with van der Waals surface area (Å²) in [5.41, 5.74) is 4.51. The molecule has 0 spiro atoms. The van der Waals surface area contributed by atoms with Crippen LogP contribution in [0.15, 0.2) is 66.7 Å². The number of carboxylic acids is 1. The van der Waals surface area contributed by atoms with Crippen molar-refractivity contribution in [3.05, 3.63) is 89.0 Å². The molecule has 1 aliphatic carbocycles. The molecular weight excluding hydrogens is 460 g/mol. The Balaban J connectivity index is 1.46. The Labute approximate surface area is 209 Å². The zero-order valence-electron chi connectivity index (χ0n) is 20.3. The van der Waals surface area contributed by atoms with Gasteiger partial charge in [-0.1, -0.05) is 48.5 Å². The quantitative estimate of drug-likeness (QED) is 0.406. The van der Waals surface area contributed by atoms with Crippen LogP contribution in [0.25, 0.3) is 11.1 Å². The number of aromatic carboxylic acids is 1. The van der Waals surface area contributed by atoms with Gasteiger partial charge in [-0.05, 0) is 66.8 Å². The van der Waals surface area contributed by atoms with Gasteiger partial charge in [0.15, 0.2) is 0 Å². The van der Waals surface area contributed by atoms with Gasteiger partial charge in [-0.25, -0.2) is 14.4 Å². The highest BCUT2D eigenvalue weighted by molar-refractivity contribution is 5.91. The molecule has 3 N–H and O–H groups in total. The molecule has 3 aromatic rings. The fraction of sp³-hybridized carbons (Fsp3) is 0.250. The Hall–Kier alpha value is -4.33. The average Bonchev–Trinajstić information content (AvgIpc) is 3.14. The van der Waals surface area contributed by atoms with Crippen LogP contribution >= 0.6 is 0 Å². The van der Waals surface area contributed by atoms with Gasteiger partial charge in [-0.2, -0.15) is 0 Å². The van der Waals surface area contributed by atoms with Gasteiger partial charge in [0, 0.05) is 18.2 Å². The molecule has 0 atom stereocenters. The first-order valence-electron chi connectivity index (χ1n) is 11.6. The van der Waals surface area contributed by atoms with E-state index < -0.39 is 23.8 Å². The molecule has 4 rings (SSSR count). The van der Waals surface area contributed by atoms with Crippen LogP contribution in [0.5, 0.6) is 0 Å². The number of benzene rings is 3. The van der Waals surface area contributed by atoms with Gasteiger partial charge in [0.1, 0.15) is 12.2 Å². The third kappa shape index (κ3) is 5.66. The number of carboxylic acid groups (broad SMARTS) is 1. The lowest BCUT2D eigenvalue weighted by Crippen LogP contribution is -2.32. The summed E-state index contributed by atoms with van der Waals surface area (Å²) < 4.78 is 10.8. The van der Waals surface area contributed by atoms with E-state index in [2.05, 4.69) is 22.8 Å². The van der Waals surface area contributed by atoms with Gasteiger partial charge in [-0.15, -0.1) is 0 Å². The zero-order chi connectivity index (χ0) is 25.9. The molecule has 0 fully saturated rings. The Bertz CT molecular complexity index is 1270. The lowest BCUT2D eigenvalue weighted by Gasteiger charge is -2.20. The summed E-state index contributed by atoms with van der Waals surface area (Å²) in [5, 5.41) is 14.6. The van der Waals surface area contributed by atoms with Crippen molar-refractivity contribution in [2.75, 3.05) is 11.9 Å². The van der Waals surface area contributed by atoms with Crippen molar-refractivity contribution in [3.63, 3.8) is 0 Å². The zero-order valence-corrected chi connectivity index (χ0v) is 20.3. The van der Waals surface area contributed by atoms with Gasteiger partial charge < -0.3 is 19.9 Å². The van der Waals surface area contributed by atoms with Crippen LogP contribution in [-0.2, 0) is 16.0 Å². The summed E-state index contributed by atoms with van der Waals surface area (Å²) in [4.78, 5) is 36.2. The van der Waals surface area contributed by atoms with Crippen molar-refractivity contribution in [2.24, 2.45) is 0 Å². The Morgan fingerprint density at radius 2 is 1.50 bits per heavy atom. The molecule has 8 heteroatoms. The van der Waals surface area contributed by atoms with Crippen LogP contribution in [0.2, 0.25) is 0 Å². The highest BCUT2D eigenvalue weighted by Crippen LogP contribution is 2.44. The Morgan fingerprint density at radius 1 is 0.889 bits per heavy atom. The molecular formula is C28H28N2O6. The second kappa shape index (κ2) is 10.1. The van der Waals surface area contributed by atoms with Crippen LogP contribution in [0.3, 0.4) is 0 Å². The topological polar surface area (TPSA) is 114 Å². The number of carbonyl (C=O) groups excluding carboxylic acids is 2. The maximum Gasteiger partial charge on any atom is 0.411 e. The van der Waals surface area contributed by atoms with E-state index in [1.165, 1.54) is 18.2 Å². The lowest BCUT2D eigenvalue weighted by atomic mass is 9.98. The first-order chi connectivity index (χ1) is 17.1. The molecule has 3 aromatic carbocycles. The highest BCUT2D eigenvalue weighted by Gasteiger charge is 2.29. The van der Waals surface area contributed by atoms with Gasteiger partial charge in [0.05, 0.1) is 5.56 Å². The second-order valence-corrected chi connectivity index (χ2v) is 9.48. The number of alkyl carbamates (subject to hydrolysis) is 1. The van der Waals surface area contributed by atoms with Crippen LogP contribution in [0, 0.1) is 0 Å². The molecule has 1 aliphatic rings. The number of amides is 2. The molecule has 2 amide bonds. The molecule has 0 saturated carbocycles. The predicted octanol–water partition coefficient (Wildman–Crippen LogP) is 5.77. The van der Waals surface area contributed by atoms with Gasteiger partial charge in [-0.3, -0.25) is 5.32 Å². The maximum absolute atomic E-state index is 12.7. The van der Waals surface area contributed by atoms with E-state index in [1.807, 2.05) is 36.4 Å². The monoisotopic (exact) mass is 488 g/mol. The first kappa shape index (κ1) is 24.8. The normalized spacial score (nSPS) is 12.3. The smallest absolute Gasteiger partial charge is 0.411 e. The molecule has 0 heterocycles. The molecule has 0 saturated heterocycles. The summed E-state index contributed by atoms with van der Waals surface area (Å²) in [6.45, 7) is 5.30. The van der Waals surface area contributed by atoms with Crippen molar-refractivity contribution in [1.29, 1.82) is 0 Å². The first-order valence-corrected chi connectivity index (χ1v) is 11.6. The van der Waals surface area contributed by atoms with Crippen molar-refractivity contribution in [3.8, 4) is 11.1 Å². The van der Waals surface area contributed by atoms with Crippen LogP contribution in [0.4, 0.5) is 15.3 Å². The summed E-state index contributed by atoms with van der Waals surface area (Å²) in [6, 6.07) is 20.3. The van der Waals surface area contributed by atoms with E-state index in [1.54, 1.807) is 20.8 Å². The molecule has 186 valence electrons. The molecule has 36 heavy (non-hydrogen) atoms. The third-order valence-electron chi connectivity index (χ3n) is 5.75. The number of carbonyl (C=O) groups is 3. The van der Waals surface area contributed by atoms with Gasteiger partial charge >= 0.3 is 18.2 Å². The van der Waals surface area contributed by atoms with Crippen molar-refractivity contribution in [1.82, 2.24) is 5.32 Å². The van der Waals surface area contributed by atoms with Crippen molar-refractivity contribution in [2.45, 2.75) is 38.8 Å². The lowest BCUT2D eigenvalue weighted by molar-refractivity contribution is 0.0523. The Morgan fingerprint density at radius 3 is 2.08 bits per heavy atom. The molecule has 0 aromatic heterocycles. The summed E-state index contributed by atoms with van der Waals surface area (Å²) in [5.74, 6) is -1.22. The molecule has 0 unspecified atom stereocenters. The van der Waals surface area contributed by atoms with E-state index >= 15 is 0 Å². The van der Waals surface area contributed by atoms with Gasteiger partial charge in [0.2, 0.25) is 0 Å². The SMILES string of the molecule is CC(C)(C)OC(=O)NCc1cc(C(=O)O)ccc1NC(=O)OCC1c2ccccc2-c2ccccc21. The summed E-state index contributed by atoms with van der Waals surface area (Å²) in [6.07, 6.45) is -1.34. The predicted molar refractivity (Wildman–Crippen MR) is 135 cm³/mol. The third-order valence-corrected chi connectivity index (χ3v) is 5.75. The summed E-state index contributed by atoms with van der Waals surface area (Å²) >= 11 is 0. The molecule has 8 nitrogen and oxygen atoms in total. The average molecular weight is 489 g/mol. The fourth-order valence-electron chi connectivity index (χ4n) is 4.22. The van der Waals surface area contributed by atoms with Crippen LogP contribution in [-0.4, -0.2) is 35.5 Å². The number of hydrogen-bond acceptors (Lipinski definition) is 5. The summed E-state index contributed by atoms with van der Waals surface area (Å²) in [7, 11) is 0. The fourth-order valence-corrected chi connectivity index (χ4v) is 4.22. The minimum atomic E-state index is -1.12. The van der Waals surface area contributed by atoms with E-state index in [0.717, 1.165) is 22.3 Å². The number of ether oxygens (including phenoxy) is 2. The maximum atomic E-state index is 12.7. The van der Waals surface area contributed by atoms with Crippen molar-refractivity contribution >= 4 is 23.8 Å². The van der Waals surface area contributed by atoms with Crippen LogP contribution in [0.1, 0.15) is 53.7 Å².